The van der Waals surface area contributed by atoms with Gasteiger partial charge in [-0.15, -0.1) is 0 Å². The summed E-state index contributed by atoms with van der Waals surface area (Å²) in [6.45, 7) is 1.85. The minimum atomic E-state index is -1.11. The fourth-order valence-electron chi connectivity index (χ4n) is 2.17. The molecule has 2 aromatic rings. The molecule has 2 heterocycles. The lowest BCUT2D eigenvalue weighted by Gasteiger charge is -2.08. The third kappa shape index (κ3) is 3.01. The van der Waals surface area contributed by atoms with Crippen LogP contribution >= 0.6 is 0 Å². The van der Waals surface area contributed by atoms with Gasteiger partial charge in [0.2, 0.25) is 11.7 Å². The molecule has 1 fully saturated rings. The highest BCUT2D eigenvalue weighted by Gasteiger charge is 2.26. The van der Waals surface area contributed by atoms with E-state index in [1.54, 1.807) is 6.20 Å². The van der Waals surface area contributed by atoms with Crippen LogP contribution in [0.1, 0.15) is 49.7 Å². The average Bonchev–Trinajstić information content (AvgIpc) is 3.22. The summed E-state index contributed by atoms with van der Waals surface area (Å²) >= 11 is 0. The minimum absolute atomic E-state index is 0.277. The summed E-state index contributed by atoms with van der Waals surface area (Å²) in [6.07, 6.45) is 3.52. The molecule has 1 amide bonds. The Morgan fingerprint density at radius 1 is 1.57 bits per heavy atom. The molecule has 7 nitrogen and oxygen atoms in total. The molecule has 7 heteroatoms. The number of hydrogen-bond donors (Lipinski definition) is 2. The summed E-state index contributed by atoms with van der Waals surface area (Å²) in [6, 6.07) is 3.30. The molecule has 2 N–H and O–H groups in total. The van der Waals surface area contributed by atoms with Gasteiger partial charge < -0.3 is 14.9 Å². The van der Waals surface area contributed by atoms with E-state index in [4.69, 9.17) is 9.63 Å². The molecule has 0 bridgehead atoms. The molecule has 1 atom stereocenters. The minimum Gasteiger partial charge on any atom is -0.465 e. The van der Waals surface area contributed by atoms with E-state index in [0.29, 0.717) is 18.2 Å². The Morgan fingerprint density at radius 2 is 2.38 bits per heavy atom. The number of nitrogens with one attached hydrogen (secondary N) is 1. The first kappa shape index (κ1) is 13.5. The van der Waals surface area contributed by atoms with Crippen LogP contribution in [-0.2, 0) is 0 Å². The van der Waals surface area contributed by atoms with Gasteiger partial charge in [-0.3, -0.25) is 4.98 Å². The Labute approximate surface area is 121 Å². The van der Waals surface area contributed by atoms with Gasteiger partial charge in [-0.05, 0) is 31.4 Å². The van der Waals surface area contributed by atoms with Crippen LogP contribution in [0.3, 0.4) is 0 Å². The number of carboxylic acid groups (broad SMARTS) is 1. The zero-order valence-electron chi connectivity index (χ0n) is 11.6. The van der Waals surface area contributed by atoms with Crippen LogP contribution in [0.4, 0.5) is 4.79 Å². The SMILES string of the molecule is CC[C@H](NC(=O)O)c1nc(-c2ccnc(C3CC3)c2)no1. The van der Waals surface area contributed by atoms with Crippen LogP contribution < -0.4 is 5.32 Å². The summed E-state index contributed by atoms with van der Waals surface area (Å²) in [5, 5.41) is 15.1. The lowest BCUT2D eigenvalue weighted by molar-refractivity contribution is 0.185. The number of pyridine rings is 1. The molecule has 2 aromatic heterocycles. The molecule has 1 saturated carbocycles. The Kier molecular flexibility index (Phi) is 3.55. The second-order valence-electron chi connectivity index (χ2n) is 5.11. The first-order chi connectivity index (χ1) is 10.2. The van der Waals surface area contributed by atoms with E-state index in [-0.39, 0.29) is 5.89 Å². The molecule has 0 aromatic carbocycles. The third-order valence-corrected chi connectivity index (χ3v) is 3.48. The zero-order chi connectivity index (χ0) is 14.8. The standard InChI is InChI=1S/C14H16N4O3/c1-2-10(16-14(19)20)13-17-12(18-21-13)9-5-6-15-11(7-9)8-3-4-8/h5-8,10,16H,2-4H2,1H3,(H,19,20)/t10-/m0/s1. The number of rotatable bonds is 5. The maximum Gasteiger partial charge on any atom is 0.405 e. The molecule has 0 spiro atoms. The van der Waals surface area contributed by atoms with Crippen molar-refractivity contribution >= 4 is 6.09 Å². The highest BCUT2D eigenvalue weighted by molar-refractivity contribution is 5.65. The molecule has 1 aliphatic carbocycles. The summed E-state index contributed by atoms with van der Waals surface area (Å²) in [5.74, 6) is 1.29. The van der Waals surface area contributed by atoms with Crippen molar-refractivity contribution in [2.45, 2.75) is 38.1 Å². The highest BCUT2D eigenvalue weighted by Crippen LogP contribution is 2.39. The third-order valence-electron chi connectivity index (χ3n) is 3.48. The van der Waals surface area contributed by atoms with Gasteiger partial charge in [0.05, 0.1) is 0 Å². The average molecular weight is 288 g/mol. The maximum absolute atomic E-state index is 10.7. The van der Waals surface area contributed by atoms with Crippen molar-refractivity contribution in [1.29, 1.82) is 0 Å². The number of amides is 1. The van der Waals surface area contributed by atoms with Crippen molar-refractivity contribution in [2.75, 3.05) is 0 Å². The van der Waals surface area contributed by atoms with Crippen LogP contribution in [-0.4, -0.2) is 26.3 Å². The predicted molar refractivity (Wildman–Crippen MR) is 73.7 cm³/mol. The Balaban J connectivity index is 1.83. The van der Waals surface area contributed by atoms with Crippen molar-refractivity contribution in [1.82, 2.24) is 20.4 Å². The maximum atomic E-state index is 10.7. The number of aromatic nitrogens is 3. The van der Waals surface area contributed by atoms with Gasteiger partial charge in [-0.1, -0.05) is 12.1 Å². The second-order valence-corrected chi connectivity index (χ2v) is 5.11. The number of nitrogens with zero attached hydrogens (tertiary/aromatic N) is 3. The van der Waals surface area contributed by atoms with Gasteiger partial charge in [-0.25, -0.2) is 4.79 Å². The van der Waals surface area contributed by atoms with E-state index in [9.17, 15) is 4.79 Å². The lowest BCUT2D eigenvalue weighted by atomic mass is 10.1. The van der Waals surface area contributed by atoms with E-state index >= 15 is 0 Å². The molecule has 0 radical (unpaired) electrons. The van der Waals surface area contributed by atoms with Crippen molar-refractivity contribution in [3.8, 4) is 11.4 Å². The number of hydrogen-bond acceptors (Lipinski definition) is 5. The summed E-state index contributed by atoms with van der Waals surface area (Å²) < 4.78 is 5.18. The van der Waals surface area contributed by atoms with Crippen LogP contribution in [0.25, 0.3) is 11.4 Å². The number of carbonyl (C=O) groups is 1. The van der Waals surface area contributed by atoms with Crippen LogP contribution in [0.5, 0.6) is 0 Å². The summed E-state index contributed by atoms with van der Waals surface area (Å²) in [4.78, 5) is 19.4. The molecule has 3 rings (SSSR count). The Hall–Kier alpha value is -2.44. The van der Waals surface area contributed by atoms with Gasteiger partial charge in [0.15, 0.2) is 0 Å². The smallest absolute Gasteiger partial charge is 0.405 e. The van der Waals surface area contributed by atoms with Gasteiger partial charge in [0.1, 0.15) is 6.04 Å². The van der Waals surface area contributed by atoms with Crippen molar-refractivity contribution in [3.05, 3.63) is 29.9 Å². The van der Waals surface area contributed by atoms with Crippen LogP contribution in [0.15, 0.2) is 22.9 Å². The molecule has 0 saturated heterocycles. The van der Waals surface area contributed by atoms with Crippen LogP contribution in [0, 0.1) is 0 Å². The van der Waals surface area contributed by atoms with Gasteiger partial charge in [-0.2, -0.15) is 4.98 Å². The Morgan fingerprint density at radius 3 is 3.05 bits per heavy atom. The molecule has 0 unspecified atom stereocenters. The quantitative estimate of drug-likeness (QED) is 0.877. The molecule has 110 valence electrons. The Bertz CT molecular complexity index is 651. The molecule has 0 aliphatic heterocycles. The fourth-order valence-corrected chi connectivity index (χ4v) is 2.17. The summed E-state index contributed by atoms with van der Waals surface area (Å²) in [5.41, 5.74) is 1.89. The predicted octanol–water partition coefficient (Wildman–Crippen LogP) is 2.73. The molecule has 1 aliphatic rings. The van der Waals surface area contributed by atoms with Gasteiger partial charge >= 0.3 is 6.09 Å². The van der Waals surface area contributed by atoms with Gasteiger partial charge in [0.25, 0.3) is 0 Å². The second kappa shape index (κ2) is 5.51. The van der Waals surface area contributed by atoms with Crippen molar-refractivity contribution in [2.24, 2.45) is 0 Å². The molecular formula is C14H16N4O3. The van der Waals surface area contributed by atoms with E-state index < -0.39 is 12.1 Å². The molecule has 21 heavy (non-hydrogen) atoms. The topological polar surface area (TPSA) is 101 Å². The van der Waals surface area contributed by atoms with Gasteiger partial charge in [0, 0.05) is 23.4 Å². The van der Waals surface area contributed by atoms with E-state index in [0.717, 1.165) is 11.3 Å². The van der Waals surface area contributed by atoms with E-state index in [1.807, 2.05) is 19.1 Å². The highest BCUT2D eigenvalue weighted by atomic mass is 16.5. The normalized spacial score (nSPS) is 15.7. The summed E-state index contributed by atoms with van der Waals surface area (Å²) in [7, 11) is 0. The van der Waals surface area contributed by atoms with E-state index in [2.05, 4.69) is 20.4 Å². The first-order valence-electron chi connectivity index (χ1n) is 6.96. The van der Waals surface area contributed by atoms with E-state index in [1.165, 1.54) is 12.8 Å². The monoisotopic (exact) mass is 288 g/mol. The largest absolute Gasteiger partial charge is 0.465 e. The fraction of sp³-hybridized carbons (Fsp3) is 0.429. The molecular weight excluding hydrogens is 272 g/mol. The lowest BCUT2D eigenvalue weighted by Crippen LogP contribution is -2.26. The van der Waals surface area contributed by atoms with Crippen LogP contribution in [0.2, 0.25) is 0 Å². The first-order valence-corrected chi connectivity index (χ1v) is 6.96. The van der Waals surface area contributed by atoms with Crippen molar-refractivity contribution in [3.63, 3.8) is 0 Å². The van der Waals surface area contributed by atoms with Crippen molar-refractivity contribution < 1.29 is 14.4 Å². The zero-order valence-corrected chi connectivity index (χ0v) is 11.6.